The molecule has 0 unspecified atom stereocenters. The molecular weight excluding hydrogens is 398 g/mol. The summed E-state index contributed by atoms with van der Waals surface area (Å²) < 4.78 is 0. The molecule has 2 aromatic rings. The number of carbonyl (C=O) groups excluding carboxylic acids is 2. The minimum Gasteiger partial charge on any atom is -0.336 e. The Morgan fingerprint density at radius 3 is 2.28 bits per heavy atom. The van der Waals surface area contributed by atoms with Crippen molar-refractivity contribution in [3.8, 4) is 0 Å². The number of aryl methyl sites for hydroxylation is 3. The van der Waals surface area contributed by atoms with Gasteiger partial charge in [0, 0.05) is 19.9 Å². The highest BCUT2D eigenvalue weighted by molar-refractivity contribution is 6.03. The Labute approximate surface area is 192 Å². The van der Waals surface area contributed by atoms with Crippen LogP contribution in [0.15, 0.2) is 47.6 Å². The molecule has 2 amide bonds. The summed E-state index contributed by atoms with van der Waals surface area (Å²) in [5.41, 5.74) is 6.47. The lowest BCUT2D eigenvalue weighted by Gasteiger charge is -2.26. The Balaban J connectivity index is 1.87. The minimum absolute atomic E-state index is 0.0149. The van der Waals surface area contributed by atoms with E-state index in [1.807, 2.05) is 27.7 Å². The summed E-state index contributed by atoms with van der Waals surface area (Å²) in [6.07, 6.45) is 1.05. The fourth-order valence-electron chi connectivity index (χ4n) is 3.84. The average Bonchev–Trinajstić information content (AvgIpc) is 3.15. The van der Waals surface area contributed by atoms with E-state index in [1.54, 1.807) is 12.1 Å². The molecule has 2 aromatic carbocycles. The van der Waals surface area contributed by atoms with E-state index < -0.39 is 0 Å². The number of benzene rings is 2. The molecule has 0 bridgehead atoms. The standard InChI is InChI=1S/C27H35N3O2/c1-18-8-11-21(12-9-18)24-15-23(22-13-10-19(2)20(3)14-22)28-30(24)26(32)17-29(7)25(31)16-27(4,5)6/h8-14,24H,15-17H2,1-7H3/t24-/m1/s1. The molecule has 0 N–H and O–H groups in total. The molecule has 0 saturated heterocycles. The van der Waals surface area contributed by atoms with Crippen LogP contribution in [-0.2, 0) is 9.59 Å². The van der Waals surface area contributed by atoms with Crippen molar-refractivity contribution in [1.82, 2.24) is 9.91 Å². The molecule has 1 heterocycles. The van der Waals surface area contributed by atoms with Gasteiger partial charge in [-0.15, -0.1) is 0 Å². The van der Waals surface area contributed by atoms with Gasteiger partial charge in [0.2, 0.25) is 5.91 Å². The smallest absolute Gasteiger partial charge is 0.262 e. The Morgan fingerprint density at radius 1 is 1.03 bits per heavy atom. The summed E-state index contributed by atoms with van der Waals surface area (Å²) in [6, 6.07) is 14.4. The Kier molecular flexibility index (Phi) is 6.87. The molecule has 1 aliphatic rings. The highest BCUT2D eigenvalue weighted by Gasteiger charge is 2.34. The van der Waals surface area contributed by atoms with Gasteiger partial charge in [-0.3, -0.25) is 9.59 Å². The largest absolute Gasteiger partial charge is 0.336 e. The van der Waals surface area contributed by atoms with E-state index in [4.69, 9.17) is 5.10 Å². The number of hydrazone groups is 1. The number of nitrogens with zero attached hydrogens (tertiary/aromatic N) is 3. The van der Waals surface area contributed by atoms with Gasteiger partial charge in [0.05, 0.1) is 11.8 Å². The predicted molar refractivity (Wildman–Crippen MR) is 130 cm³/mol. The number of hydrogen-bond acceptors (Lipinski definition) is 3. The maximum absolute atomic E-state index is 13.3. The zero-order chi connectivity index (χ0) is 23.6. The monoisotopic (exact) mass is 433 g/mol. The summed E-state index contributed by atoms with van der Waals surface area (Å²) in [7, 11) is 1.69. The van der Waals surface area contributed by atoms with Gasteiger partial charge in [-0.05, 0) is 54.5 Å². The van der Waals surface area contributed by atoms with Gasteiger partial charge in [-0.2, -0.15) is 5.10 Å². The van der Waals surface area contributed by atoms with Crippen molar-refractivity contribution in [3.05, 3.63) is 70.3 Å². The van der Waals surface area contributed by atoms with Crippen molar-refractivity contribution in [1.29, 1.82) is 0 Å². The summed E-state index contributed by atoms with van der Waals surface area (Å²) >= 11 is 0. The maximum atomic E-state index is 13.3. The van der Waals surface area contributed by atoms with E-state index in [0.717, 1.165) is 16.8 Å². The van der Waals surface area contributed by atoms with Gasteiger partial charge in [0.15, 0.2) is 0 Å². The molecule has 3 rings (SSSR count). The molecular formula is C27H35N3O2. The number of amides is 2. The fourth-order valence-corrected chi connectivity index (χ4v) is 3.84. The van der Waals surface area contributed by atoms with Crippen molar-refractivity contribution in [2.24, 2.45) is 10.5 Å². The summed E-state index contributed by atoms with van der Waals surface area (Å²) in [6.45, 7) is 12.3. The fraction of sp³-hybridized carbons (Fsp3) is 0.444. The van der Waals surface area contributed by atoms with Gasteiger partial charge >= 0.3 is 0 Å². The molecule has 5 heteroatoms. The Bertz CT molecular complexity index is 1030. The van der Waals surface area contributed by atoms with E-state index >= 15 is 0 Å². The quantitative estimate of drug-likeness (QED) is 0.652. The van der Waals surface area contributed by atoms with E-state index in [-0.39, 0.29) is 29.8 Å². The van der Waals surface area contributed by atoms with Gasteiger partial charge in [0.1, 0.15) is 6.54 Å². The van der Waals surface area contributed by atoms with Crippen LogP contribution in [0.1, 0.15) is 67.5 Å². The van der Waals surface area contributed by atoms with Crippen molar-refractivity contribution >= 4 is 17.5 Å². The molecule has 0 aliphatic carbocycles. The first-order chi connectivity index (χ1) is 14.9. The van der Waals surface area contributed by atoms with Crippen molar-refractivity contribution in [3.63, 3.8) is 0 Å². The average molecular weight is 434 g/mol. The third-order valence-corrected chi connectivity index (χ3v) is 5.95. The molecule has 0 spiro atoms. The maximum Gasteiger partial charge on any atom is 0.262 e. The second kappa shape index (κ2) is 9.27. The van der Waals surface area contributed by atoms with Crippen LogP contribution in [0, 0.1) is 26.2 Å². The zero-order valence-corrected chi connectivity index (χ0v) is 20.4. The van der Waals surface area contributed by atoms with Crippen LogP contribution >= 0.6 is 0 Å². The lowest BCUT2D eigenvalue weighted by molar-refractivity contribution is -0.141. The second-order valence-electron chi connectivity index (χ2n) is 10.2. The molecule has 32 heavy (non-hydrogen) atoms. The molecule has 0 saturated carbocycles. The summed E-state index contributed by atoms with van der Waals surface area (Å²) in [5.74, 6) is -0.200. The zero-order valence-electron chi connectivity index (χ0n) is 20.4. The lowest BCUT2D eigenvalue weighted by Crippen LogP contribution is -2.40. The molecule has 5 nitrogen and oxygen atoms in total. The van der Waals surface area contributed by atoms with E-state index in [1.165, 1.54) is 21.6 Å². The topological polar surface area (TPSA) is 53.0 Å². The minimum atomic E-state index is -0.175. The number of rotatable bonds is 5. The molecule has 1 aliphatic heterocycles. The third kappa shape index (κ3) is 5.64. The van der Waals surface area contributed by atoms with Gasteiger partial charge in [0.25, 0.3) is 5.91 Å². The highest BCUT2D eigenvalue weighted by Crippen LogP contribution is 2.33. The van der Waals surface area contributed by atoms with Crippen LogP contribution in [0.25, 0.3) is 0 Å². The summed E-state index contributed by atoms with van der Waals surface area (Å²) in [4.78, 5) is 27.4. The van der Waals surface area contributed by atoms with Crippen LogP contribution in [0.3, 0.4) is 0 Å². The Hall–Kier alpha value is -2.95. The molecule has 0 aromatic heterocycles. The number of carbonyl (C=O) groups is 2. The molecule has 170 valence electrons. The first kappa shape index (κ1) is 23.7. The Morgan fingerprint density at radius 2 is 1.69 bits per heavy atom. The van der Waals surface area contributed by atoms with Crippen LogP contribution in [0.4, 0.5) is 0 Å². The SMILES string of the molecule is Cc1ccc([C@H]2CC(c3ccc(C)c(C)c3)=NN2C(=O)CN(C)C(=O)CC(C)(C)C)cc1. The normalized spacial score (nSPS) is 16.2. The molecule has 0 radical (unpaired) electrons. The van der Waals surface area contributed by atoms with Crippen molar-refractivity contribution in [2.45, 2.75) is 60.4 Å². The van der Waals surface area contributed by atoms with Crippen LogP contribution in [0.5, 0.6) is 0 Å². The van der Waals surface area contributed by atoms with Crippen molar-refractivity contribution < 1.29 is 9.59 Å². The predicted octanol–water partition coefficient (Wildman–Crippen LogP) is 5.18. The van der Waals surface area contributed by atoms with Gasteiger partial charge in [-0.1, -0.05) is 62.7 Å². The first-order valence-corrected chi connectivity index (χ1v) is 11.2. The number of hydrogen-bond donors (Lipinski definition) is 0. The van der Waals surface area contributed by atoms with E-state index in [0.29, 0.717) is 12.8 Å². The van der Waals surface area contributed by atoms with E-state index in [9.17, 15) is 9.59 Å². The summed E-state index contributed by atoms with van der Waals surface area (Å²) in [5, 5.41) is 6.34. The highest BCUT2D eigenvalue weighted by atomic mass is 16.2. The second-order valence-corrected chi connectivity index (χ2v) is 10.2. The van der Waals surface area contributed by atoms with Gasteiger partial charge in [-0.25, -0.2) is 5.01 Å². The third-order valence-electron chi connectivity index (χ3n) is 5.95. The van der Waals surface area contributed by atoms with Gasteiger partial charge < -0.3 is 4.90 Å². The lowest BCUT2D eigenvalue weighted by atomic mass is 9.92. The van der Waals surface area contributed by atoms with Crippen molar-refractivity contribution in [2.75, 3.05) is 13.6 Å². The molecule has 0 fully saturated rings. The van der Waals surface area contributed by atoms with Crippen LogP contribution in [-0.4, -0.2) is 41.0 Å². The molecule has 1 atom stereocenters. The van der Waals surface area contributed by atoms with E-state index in [2.05, 4.69) is 56.3 Å². The number of likely N-dealkylation sites (N-methyl/N-ethyl adjacent to an activating group) is 1. The van der Waals surface area contributed by atoms with Crippen LogP contribution < -0.4 is 0 Å². The first-order valence-electron chi connectivity index (χ1n) is 11.2. The van der Waals surface area contributed by atoms with Crippen LogP contribution in [0.2, 0.25) is 0 Å².